The molecule has 1 unspecified atom stereocenters. The number of carbonyl (C=O) groups is 4. The van der Waals surface area contributed by atoms with Crippen LogP contribution in [0.3, 0.4) is 0 Å². The molecule has 5 rings (SSSR count). The quantitative estimate of drug-likeness (QED) is 0.165. The number of amides is 4. The van der Waals surface area contributed by atoms with Crippen molar-refractivity contribution in [3.8, 4) is 0 Å². The molecule has 0 radical (unpaired) electrons. The number of imidazole rings is 1. The summed E-state index contributed by atoms with van der Waals surface area (Å²) in [5, 5.41) is 0.599. The molecule has 4 aromatic rings. The second-order valence-electron chi connectivity index (χ2n) is 12.2. The van der Waals surface area contributed by atoms with Crippen molar-refractivity contribution in [3.05, 3.63) is 123 Å². The van der Waals surface area contributed by atoms with Crippen LogP contribution in [-0.2, 0) is 32.1 Å². The van der Waals surface area contributed by atoms with Gasteiger partial charge >= 0.3 is 0 Å². The van der Waals surface area contributed by atoms with Gasteiger partial charge in [0.25, 0.3) is 0 Å². The molecular weight excluding hydrogens is 755 g/mol. The Labute approximate surface area is 305 Å². The van der Waals surface area contributed by atoms with Crippen LogP contribution in [0, 0.1) is 3.57 Å². The summed E-state index contributed by atoms with van der Waals surface area (Å²) in [6, 6.07) is 24.8. The highest BCUT2D eigenvalue weighted by atomic mass is 127. The van der Waals surface area contributed by atoms with Gasteiger partial charge in [0.05, 0.1) is 25.8 Å². The van der Waals surface area contributed by atoms with Crippen LogP contribution >= 0.6 is 34.2 Å². The van der Waals surface area contributed by atoms with E-state index in [0.29, 0.717) is 30.8 Å². The molecule has 0 spiro atoms. The largest absolute Gasteiger partial charge is 0.368 e. The lowest BCUT2D eigenvalue weighted by Crippen LogP contribution is -2.61. The molecule has 2 N–H and O–H groups in total. The molecule has 1 saturated heterocycles. The number of primary amides is 1. The van der Waals surface area contributed by atoms with Crippen LogP contribution in [-0.4, -0.2) is 86.6 Å². The molecule has 1 aliphatic rings. The number of nitrogens with two attached hydrogens (primary N) is 1. The Morgan fingerprint density at radius 1 is 0.980 bits per heavy atom. The number of halogens is 2. The lowest BCUT2D eigenvalue weighted by atomic mass is 9.88. The Balaban J connectivity index is 1.37. The minimum Gasteiger partial charge on any atom is -0.368 e. The van der Waals surface area contributed by atoms with Gasteiger partial charge in [-0.1, -0.05) is 78.3 Å². The van der Waals surface area contributed by atoms with Crippen molar-refractivity contribution >= 4 is 57.8 Å². The Hall–Kier alpha value is -4.23. The number of rotatable bonds is 16. The van der Waals surface area contributed by atoms with Gasteiger partial charge in [0.15, 0.2) is 0 Å². The van der Waals surface area contributed by atoms with Gasteiger partial charge in [-0.25, -0.2) is 4.98 Å². The number of hydrogen-bond donors (Lipinski definition) is 1. The normalized spacial score (nSPS) is 14.8. The lowest BCUT2D eigenvalue weighted by molar-refractivity contribution is -0.158. The number of hydrogen-bond acceptors (Lipinski definition) is 5. The lowest BCUT2D eigenvalue weighted by Gasteiger charge is -2.41. The maximum atomic E-state index is 14.2. The molecule has 1 aliphatic heterocycles. The van der Waals surface area contributed by atoms with Gasteiger partial charge in [-0.2, -0.15) is 0 Å². The zero-order valence-electron chi connectivity index (χ0n) is 27.2. The molecule has 2 heterocycles. The van der Waals surface area contributed by atoms with E-state index >= 15 is 0 Å². The minimum atomic E-state index is -1.03. The van der Waals surface area contributed by atoms with Crippen LogP contribution in [0.2, 0.25) is 5.02 Å². The molecule has 256 valence electrons. The summed E-state index contributed by atoms with van der Waals surface area (Å²) in [5.41, 5.74) is 8.60. The fourth-order valence-corrected chi connectivity index (χ4v) is 7.25. The van der Waals surface area contributed by atoms with E-state index in [0.717, 1.165) is 20.3 Å². The number of nitrogens with zero attached hydrogens (tertiary/aromatic N) is 5. The van der Waals surface area contributed by atoms with E-state index in [1.54, 1.807) is 17.4 Å². The van der Waals surface area contributed by atoms with Crippen LogP contribution in [0.15, 0.2) is 97.6 Å². The summed E-state index contributed by atoms with van der Waals surface area (Å²) in [4.78, 5) is 62.5. The molecule has 1 aromatic heterocycles. The second-order valence-corrected chi connectivity index (χ2v) is 13.8. The van der Waals surface area contributed by atoms with Crippen molar-refractivity contribution < 1.29 is 19.2 Å². The number of aromatic nitrogens is 2. The maximum absolute atomic E-state index is 14.2. The zero-order valence-corrected chi connectivity index (χ0v) is 30.1. The van der Waals surface area contributed by atoms with Crippen LogP contribution in [0.4, 0.5) is 0 Å². The third kappa shape index (κ3) is 9.91. The van der Waals surface area contributed by atoms with E-state index in [2.05, 4.69) is 51.8 Å². The smallest absolute Gasteiger partial charge is 0.246 e. The Morgan fingerprint density at radius 2 is 1.67 bits per heavy atom. The highest BCUT2D eigenvalue weighted by Gasteiger charge is 2.41. The first-order valence-electron chi connectivity index (χ1n) is 16.3. The van der Waals surface area contributed by atoms with E-state index in [-0.39, 0.29) is 56.9 Å². The van der Waals surface area contributed by atoms with Gasteiger partial charge in [-0.15, -0.1) is 0 Å². The molecule has 10 nitrogen and oxygen atoms in total. The van der Waals surface area contributed by atoms with E-state index < -0.39 is 17.9 Å². The average Bonchev–Trinajstić information content (AvgIpc) is 3.61. The number of carbonyl (C=O) groups excluding carboxylic acids is 4. The van der Waals surface area contributed by atoms with Crippen molar-refractivity contribution in [1.82, 2.24) is 24.3 Å². The highest BCUT2D eigenvalue weighted by molar-refractivity contribution is 14.1. The molecular formula is C37H40ClIN6O4. The van der Waals surface area contributed by atoms with Crippen LogP contribution in [0.5, 0.6) is 0 Å². The Bertz CT molecular complexity index is 1680. The van der Waals surface area contributed by atoms with Crippen molar-refractivity contribution in [2.45, 2.75) is 44.2 Å². The number of piperazine rings is 1. The summed E-state index contributed by atoms with van der Waals surface area (Å²) in [6.45, 7) is 1.01. The van der Waals surface area contributed by atoms with E-state index in [1.165, 1.54) is 9.80 Å². The van der Waals surface area contributed by atoms with Crippen LogP contribution < -0.4 is 5.73 Å². The standard InChI is InChI=1S/C37H40ClIN6O4/c38-32-22-30(39)13-12-29(32)14-19-44-25-36(48)45(20-15-31(27-8-3-1-4-9-27)28-10-5-2-6-11-28)33(37(44)49)23-35(47)43(24-34(40)46)18-7-17-42-21-16-41-26-42/h1-6,8-13,16,21-22,26,31,33H,7,14-15,17-20,23-25H2,(H2,40,46). The Kier molecular flexibility index (Phi) is 12.8. The highest BCUT2D eigenvalue weighted by Crippen LogP contribution is 2.30. The maximum Gasteiger partial charge on any atom is 0.246 e. The monoisotopic (exact) mass is 794 g/mol. The minimum absolute atomic E-state index is 0.0303. The molecule has 12 heteroatoms. The summed E-state index contributed by atoms with van der Waals surface area (Å²) >= 11 is 8.67. The number of aryl methyl sites for hydroxylation is 1. The average molecular weight is 795 g/mol. The molecule has 1 fully saturated rings. The molecule has 4 amide bonds. The van der Waals surface area contributed by atoms with Crippen molar-refractivity contribution in [1.29, 1.82) is 0 Å². The summed E-state index contributed by atoms with van der Waals surface area (Å²) in [5.74, 6) is -1.62. The first-order chi connectivity index (χ1) is 23.7. The molecule has 0 aliphatic carbocycles. The molecule has 3 aromatic carbocycles. The topological polar surface area (TPSA) is 122 Å². The van der Waals surface area contributed by atoms with Crippen LogP contribution in [0.1, 0.15) is 41.9 Å². The van der Waals surface area contributed by atoms with Crippen molar-refractivity contribution in [3.63, 3.8) is 0 Å². The first kappa shape index (κ1) is 36.1. The first-order valence-corrected chi connectivity index (χ1v) is 17.8. The summed E-state index contributed by atoms with van der Waals surface area (Å²) in [7, 11) is 0. The predicted molar refractivity (Wildman–Crippen MR) is 197 cm³/mol. The molecule has 0 saturated carbocycles. The fraction of sp³-hybridized carbons (Fsp3) is 0.324. The van der Waals surface area contributed by atoms with Gasteiger partial charge in [-0.05, 0) is 70.7 Å². The predicted octanol–water partition coefficient (Wildman–Crippen LogP) is 4.74. The summed E-state index contributed by atoms with van der Waals surface area (Å²) in [6.07, 6.45) is 6.47. The van der Waals surface area contributed by atoms with Crippen molar-refractivity contribution in [2.24, 2.45) is 5.73 Å². The van der Waals surface area contributed by atoms with Gasteiger partial charge in [0, 0.05) is 53.1 Å². The van der Waals surface area contributed by atoms with Gasteiger partial charge in [0.2, 0.25) is 23.6 Å². The van der Waals surface area contributed by atoms with E-state index in [9.17, 15) is 19.2 Å². The van der Waals surface area contributed by atoms with Crippen molar-refractivity contribution in [2.75, 3.05) is 32.7 Å². The Morgan fingerprint density at radius 3 is 2.29 bits per heavy atom. The summed E-state index contributed by atoms with van der Waals surface area (Å²) < 4.78 is 2.88. The van der Waals surface area contributed by atoms with Gasteiger partial charge < -0.3 is 25.0 Å². The van der Waals surface area contributed by atoms with Gasteiger partial charge in [0.1, 0.15) is 6.04 Å². The molecule has 1 atom stereocenters. The van der Waals surface area contributed by atoms with E-state index in [4.69, 9.17) is 17.3 Å². The SMILES string of the molecule is NC(=O)CN(CCCn1ccnc1)C(=O)CC1C(=O)N(CCc2ccc(I)cc2Cl)CC(=O)N1CCC(c1ccccc1)c1ccccc1. The molecule has 49 heavy (non-hydrogen) atoms. The van der Waals surface area contributed by atoms with E-state index in [1.807, 2.05) is 65.4 Å². The van der Waals surface area contributed by atoms with Crippen LogP contribution in [0.25, 0.3) is 0 Å². The third-order valence-electron chi connectivity index (χ3n) is 8.82. The fourth-order valence-electron chi connectivity index (χ4n) is 6.30. The number of benzene rings is 3. The molecule has 0 bridgehead atoms. The second kappa shape index (κ2) is 17.4. The van der Waals surface area contributed by atoms with Gasteiger partial charge in [-0.3, -0.25) is 19.2 Å². The zero-order chi connectivity index (χ0) is 34.8. The third-order valence-corrected chi connectivity index (χ3v) is 9.84.